The molecule has 0 radical (unpaired) electrons. The van der Waals surface area contributed by atoms with Gasteiger partial charge in [-0.05, 0) is 23.5 Å². The van der Waals surface area contributed by atoms with E-state index in [0.29, 0.717) is 41.5 Å². The van der Waals surface area contributed by atoms with E-state index >= 15 is 0 Å². The fourth-order valence-corrected chi connectivity index (χ4v) is 4.76. The second-order valence-corrected chi connectivity index (χ2v) is 9.66. The lowest BCUT2D eigenvalue weighted by Crippen LogP contribution is -2.55. The maximum absolute atomic E-state index is 12.3. The van der Waals surface area contributed by atoms with E-state index in [1.165, 1.54) is 0 Å². The summed E-state index contributed by atoms with van der Waals surface area (Å²) in [5.74, 6) is -0.657. The largest absolute Gasteiger partial charge is 0.457 e. The number of primary amides is 1. The number of carbonyl (C=O) groups is 2. The third-order valence-electron chi connectivity index (χ3n) is 5.81. The second-order valence-electron chi connectivity index (χ2n) is 8.56. The molecule has 0 spiro atoms. The summed E-state index contributed by atoms with van der Waals surface area (Å²) in [5, 5.41) is 9.49. The zero-order valence-electron chi connectivity index (χ0n) is 19.9. The number of pyridine rings is 1. The number of anilines is 1. The standard InChI is InChI=1S/C25H28N6O3S/c1-5-17-18(11-26)24(35-21(22(28)32)15-9-7-6-8-10-15)30-23(20(17)29-4)31-12-16(13-31)34-25(33)19(27)14(2)3/h6-10,14,16,19,21H,5,12-13,27H2,1-3H3,(H2,28,32)/t19-,21?/m0/s1. The van der Waals surface area contributed by atoms with Crippen LogP contribution in [0.1, 0.15) is 42.7 Å². The van der Waals surface area contributed by atoms with E-state index in [2.05, 4.69) is 15.9 Å². The van der Waals surface area contributed by atoms with Crippen LogP contribution in [0.25, 0.3) is 4.85 Å². The topological polar surface area (TPSA) is 140 Å². The molecular formula is C25H28N6O3S. The van der Waals surface area contributed by atoms with Crippen LogP contribution in [0, 0.1) is 23.8 Å². The number of hydrogen-bond donors (Lipinski definition) is 2. The highest BCUT2D eigenvalue weighted by Crippen LogP contribution is 2.43. The van der Waals surface area contributed by atoms with Crippen LogP contribution in [0.15, 0.2) is 35.4 Å². The van der Waals surface area contributed by atoms with E-state index in [9.17, 15) is 14.9 Å². The van der Waals surface area contributed by atoms with Gasteiger partial charge < -0.3 is 21.1 Å². The molecule has 1 fully saturated rings. The van der Waals surface area contributed by atoms with Gasteiger partial charge in [0.2, 0.25) is 11.6 Å². The van der Waals surface area contributed by atoms with E-state index in [0.717, 1.165) is 11.8 Å². The van der Waals surface area contributed by atoms with Gasteiger partial charge in [0.1, 0.15) is 34.3 Å². The van der Waals surface area contributed by atoms with Crippen LogP contribution in [0.5, 0.6) is 0 Å². The van der Waals surface area contributed by atoms with Gasteiger partial charge in [-0.1, -0.05) is 62.9 Å². The van der Waals surface area contributed by atoms with E-state index in [4.69, 9.17) is 22.8 Å². The Labute approximate surface area is 209 Å². The van der Waals surface area contributed by atoms with Crippen LogP contribution >= 0.6 is 11.8 Å². The third kappa shape index (κ3) is 5.56. The highest BCUT2D eigenvalue weighted by atomic mass is 32.2. The third-order valence-corrected chi connectivity index (χ3v) is 7.07. The summed E-state index contributed by atoms with van der Waals surface area (Å²) in [6.45, 7) is 14.0. The monoisotopic (exact) mass is 492 g/mol. The fourth-order valence-electron chi connectivity index (χ4n) is 3.70. The van der Waals surface area contributed by atoms with Crippen molar-refractivity contribution in [2.45, 2.75) is 49.6 Å². The van der Waals surface area contributed by atoms with E-state index in [1.807, 2.05) is 43.9 Å². The fraction of sp³-hybridized carbons (Fsp3) is 0.400. The molecule has 2 atom stereocenters. The highest BCUT2D eigenvalue weighted by Gasteiger charge is 2.36. The molecule has 35 heavy (non-hydrogen) atoms. The molecule has 1 aromatic carbocycles. The molecule has 1 amide bonds. The molecule has 0 saturated carbocycles. The second kappa shape index (κ2) is 11.2. The summed E-state index contributed by atoms with van der Waals surface area (Å²) in [5.41, 5.74) is 13.4. The molecule has 0 bridgehead atoms. The molecule has 1 aromatic heterocycles. The predicted octanol–water partition coefficient (Wildman–Crippen LogP) is 3.10. The van der Waals surface area contributed by atoms with Gasteiger partial charge in [0.05, 0.1) is 25.2 Å². The number of nitrogens with zero attached hydrogens (tertiary/aromatic N) is 4. The number of amides is 1. The summed E-state index contributed by atoms with van der Waals surface area (Å²) >= 11 is 1.09. The Morgan fingerprint density at radius 2 is 2.00 bits per heavy atom. The van der Waals surface area contributed by atoms with Gasteiger partial charge in [-0.2, -0.15) is 5.26 Å². The van der Waals surface area contributed by atoms with Crippen LogP contribution in [0.4, 0.5) is 11.5 Å². The lowest BCUT2D eigenvalue weighted by Gasteiger charge is -2.40. The first-order valence-electron chi connectivity index (χ1n) is 11.3. The zero-order valence-corrected chi connectivity index (χ0v) is 20.7. The van der Waals surface area contributed by atoms with Crippen molar-refractivity contribution in [1.82, 2.24) is 4.98 Å². The van der Waals surface area contributed by atoms with Gasteiger partial charge >= 0.3 is 5.97 Å². The average Bonchev–Trinajstić information content (AvgIpc) is 2.82. The van der Waals surface area contributed by atoms with Gasteiger partial charge in [0, 0.05) is 0 Å². The molecule has 9 nitrogen and oxygen atoms in total. The van der Waals surface area contributed by atoms with Crippen molar-refractivity contribution >= 4 is 35.1 Å². The summed E-state index contributed by atoms with van der Waals surface area (Å²) in [6, 6.07) is 10.5. The van der Waals surface area contributed by atoms with Crippen LogP contribution in [-0.2, 0) is 20.7 Å². The smallest absolute Gasteiger partial charge is 0.323 e. The number of benzene rings is 1. The SMILES string of the molecule is [C-]#[N+]c1c(N2CC(OC(=O)[C@@H](N)C(C)C)C2)nc(SC(C(N)=O)c2ccccc2)c(C#N)c1CC. The number of nitriles is 1. The van der Waals surface area contributed by atoms with Crippen LogP contribution in [0.3, 0.4) is 0 Å². The minimum Gasteiger partial charge on any atom is -0.457 e. The Kier molecular flexibility index (Phi) is 8.34. The minimum absolute atomic E-state index is 0.0397. The number of ether oxygens (including phenoxy) is 1. The van der Waals surface area contributed by atoms with E-state index in [1.54, 1.807) is 12.1 Å². The average molecular weight is 493 g/mol. The molecule has 182 valence electrons. The van der Waals surface area contributed by atoms with Crippen molar-refractivity contribution < 1.29 is 14.3 Å². The van der Waals surface area contributed by atoms with Crippen LogP contribution in [0.2, 0.25) is 0 Å². The molecule has 1 aliphatic rings. The van der Waals surface area contributed by atoms with Gasteiger partial charge in [-0.3, -0.25) is 9.59 Å². The molecule has 1 aliphatic heterocycles. The number of hydrogen-bond acceptors (Lipinski definition) is 8. The van der Waals surface area contributed by atoms with Crippen molar-refractivity contribution in [3.05, 3.63) is 58.4 Å². The van der Waals surface area contributed by atoms with Crippen molar-refractivity contribution in [1.29, 1.82) is 5.26 Å². The number of thioether (sulfide) groups is 1. The quantitative estimate of drug-likeness (QED) is 0.309. The Morgan fingerprint density at radius 3 is 2.51 bits per heavy atom. The molecule has 1 saturated heterocycles. The van der Waals surface area contributed by atoms with Crippen molar-refractivity contribution in [2.75, 3.05) is 18.0 Å². The molecule has 2 aromatic rings. The molecule has 0 aliphatic carbocycles. The van der Waals surface area contributed by atoms with Crippen LogP contribution < -0.4 is 16.4 Å². The molecular weight excluding hydrogens is 464 g/mol. The lowest BCUT2D eigenvalue weighted by atomic mass is 10.0. The zero-order chi connectivity index (χ0) is 25.7. The van der Waals surface area contributed by atoms with Gasteiger partial charge in [0.15, 0.2) is 0 Å². The first-order valence-corrected chi connectivity index (χ1v) is 12.2. The molecule has 10 heteroatoms. The van der Waals surface area contributed by atoms with E-state index in [-0.39, 0.29) is 23.3 Å². The summed E-state index contributed by atoms with van der Waals surface area (Å²) in [6.07, 6.45) is 0.0679. The van der Waals surface area contributed by atoms with Crippen molar-refractivity contribution in [2.24, 2.45) is 17.4 Å². The molecule has 2 heterocycles. The van der Waals surface area contributed by atoms with Gasteiger partial charge in [0.25, 0.3) is 0 Å². The summed E-state index contributed by atoms with van der Waals surface area (Å²) < 4.78 is 5.49. The first kappa shape index (κ1) is 26.0. The maximum Gasteiger partial charge on any atom is 0.323 e. The number of rotatable bonds is 9. The molecule has 1 unspecified atom stereocenters. The summed E-state index contributed by atoms with van der Waals surface area (Å²) in [4.78, 5) is 34.6. The molecule has 4 N–H and O–H groups in total. The van der Waals surface area contributed by atoms with Crippen molar-refractivity contribution in [3.8, 4) is 6.07 Å². The minimum atomic E-state index is -0.755. The Balaban J connectivity index is 1.93. The molecule has 3 rings (SSSR count). The van der Waals surface area contributed by atoms with E-state index < -0.39 is 23.2 Å². The number of nitrogens with two attached hydrogens (primary N) is 2. The maximum atomic E-state index is 12.3. The first-order chi connectivity index (χ1) is 16.7. The Morgan fingerprint density at radius 1 is 1.34 bits per heavy atom. The normalized spacial score (nSPS) is 15.0. The lowest BCUT2D eigenvalue weighted by molar-refractivity contribution is -0.152. The van der Waals surface area contributed by atoms with Gasteiger partial charge in [-0.15, -0.1) is 0 Å². The van der Waals surface area contributed by atoms with Crippen molar-refractivity contribution in [3.63, 3.8) is 0 Å². The predicted molar refractivity (Wildman–Crippen MR) is 134 cm³/mol. The number of esters is 1. The van der Waals surface area contributed by atoms with Crippen LogP contribution in [-0.4, -0.2) is 42.1 Å². The number of aromatic nitrogens is 1. The van der Waals surface area contributed by atoms with Gasteiger partial charge in [-0.25, -0.2) is 9.83 Å². The number of carbonyl (C=O) groups excluding carboxylic acids is 2. The Hall–Kier alpha value is -3.60. The highest BCUT2D eigenvalue weighted by molar-refractivity contribution is 8.00. The summed E-state index contributed by atoms with van der Waals surface area (Å²) in [7, 11) is 0. The Bertz CT molecular complexity index is 1180.